The Hall–Kier alpha value is -2.28. The van der Waals surface area contributed by atoms with E-state index >= 15 is 0 Å². The van der Waals surface area contributed by atoms with Crippen LogP contribution >= 0.6 is 11.3 Å². The highest BCUT2D eigenvalue weighted by atomic mass is 32.1. The number of rotatable bonds is 4. The predicted molar refractivity (Wildman–Crippen MR) is 78.8 cm³/mol. The highest BCUT2D eigenvalue weighted by molar-refractivity contribution is 7.13. The Morgan fingerprint density at radius 1 is 1.30 bits per heavy atom. The molecule has 1 aromatic carbocycles. The molecule has 0 aliphatic carbocycles. The van der Waals surface area contributed by atoms with Crippen molar-refractivity contribution in [1.82, 2.24) is 4.98 Å². The smallest absolute Gasteiger partial charge is 0.275 e. The summed E-state index contributed by atoms with van der Waals surface area (Å²) in [7, 11) is 3.10. The zero-order valence-corrected chi connectivity index (χ0v) is 12.2. The van der Waals surface area contributed by atoms with Gasteiger partial charge in [0.15, 0.2) is 16.6 Å². The number of anilines is 2. The van der Waals surface area contributed by atoms with Gasteiger partial charge in [-0.05, 0) is 18.6 Å². The molecule has 0 aliphatic rings. The molecule has 0 fully saturated rings. The molecule has 1 heterocycles. The molecule has 6 nitrogen and oxygen atoms in total. The highest BCUT2D eigenvalue weighted by Crippen LogP contribution is 2.33. The van der Waals surface area contributed by atoms with E-state index in [4.69, 9.17) is 15.2 Å². The summed E-state index contributed by atoms with van der Waals surface area (Å²) < 4.78 is 10.4. The molecule has 0 bridgehead atoms. The summed E-state index contributed by atoms with van der Waals surface area (Å²) >= 11 is 1.22. The molecular formula is C13H15N3O3S. The third kappa shape index (κ3) is 2.83. The van der Waals surface area contributed by atoms with Crippen LogP contribution in [0.3, 0.4) is 0 Å². The van der Waals surface area contributed by atoms with E-state index in [1.165, 1.54) is 11.3 Å². The number of nitrogen functional groups attached to an aromatic ring is 1. The lowest BCUT2D eigenvalue weighted by Gasteiger charge is -2.13. The Balaban J connectivity index is 2.27. The zero-order valence-electron chi connectivity index (χ0n) is 11.4. The fourth-order valence-corrected chi connectivity index (χ4v) is 2.24. The zero-order chi connectivity index (χ0) is 14.7. The van der Waals surface area contributed by atoms with Gasteiger partial charge >= 0.3 is 0 Å². The molecule has 106 valence electrons. The van der Waals surface area contributed by atoms with Crippen LogP contribution in [-0.4, -0.2) is 25.1 Å². The van der Waals surface area contributed by atoms with E-state index in [1.54, 1.807) is 31.7 Å². The van der Waals surface area contributed by atoms with Gasteiger partial charge in [-0.3, -0.25) is 4.79 Å². The van der Waals surface area contributed by atoms with Crippen molar-refractivity contribution < 1.29 is 14.3 Å². The number of nitrogens with zero attached hydrogens (tertiary/aromatic N) is 1. The SMILES string of the molecule is COc1cc(C)c(NC(=O)c2csc(N)n2)cc1OC. The summed E-state index contributed by atoms with van der Waals surface area (Å²) in [6, 6.07) is 3.51. The molecular weight excluding hydrogens is 278 g/mol. The number of amides is 1. The first-order chi connectivity index (χ1) is 9.55. The number of carbonyl (C=O) groups is 1. The van der Waals surface area contributed by atoms with Gasteiger partial charge in [0, 0.05) is 17.1 Å². The predicted octanol–water partition coefficient (Wildman–Crippen LogP) is 2.30. The Bertz CT molecular complexity index is 640. The lowest BCUT2D eigenvalue weighted by molar-refractivity contribution is 0.102. The van der Waals surface area contributed by atoms with Gasteiger partial charge in [0.1, 0.15) is 5.69 Å². The van der Waals surface area contributed by atoms with Crippen LogP contribution in [0.1, 0.15) is 16.1 Å². The van der Waals surface area contributed by atoms with Gasteiger partial charge < -0.3 is 20.5 Å². The van der Waals surface area contributed by atoms with E-state index in [0.717, 1.165) is 5.56 Å². The minimum absolute atomic E-state index is 0.293. The first-order valence-electron chi connectivity index (χ1n) is 5.80. The number of ether oxygens (including phenoxy) is 2. The third-order valence-corrected chi connectivity index (χ3v) is 3.41. The van der Waals surface area contributed by atoms with Crippen LogP contribution in [0.15, 0.2) is 17.5 Å². The van der Waals surface area contributed by atoms with Crippen LogP contribution in [0.4, 0.5) is 10.8 Å². The molecule has 2 rings (SSSR count). The Kier molecular flexibility index (Phi) is 4.09. The van der Waals surface area contributed by atoms with Crippen molar-refractivity contribution in [2.45, 2.75) is 6.92 Å². The molecule has 0 atom stereocenters. The van der Waals surface area contributed by atoms with E-state index in [2.05, 4.69) is 10.3 Å². The Morgan fingerprint density at radius 2 is 1.95 bits per heavy atom. The summed E-state index contributed by atoms with van der Waals surface area (Å²) in [5.74, 6) is 0.848. The number of hydrogen-bond donors (Lipinski definition) is 2. The van der Waals surface area contributed by atoms with Gasteiger partial charge in [-0.2, -0.15) is 0 Å². The quantitative estimate of drug-likeness (QED) is 0.903. The lowest BCUT2D eigenvalue weighted by atomic mass is 10.1. The van der Waals surface area contributed by atoms with E-state index in [-0.39, 0.29) is 5.91 Å². The van der Waals surface area contributed by atoms with Crippen molar-refractivity contribution >= 4 is 28.1 Å². The van der Waals surface area contributed by atoms with E-state index < -0.39 is 0 Å². The van der Waals surface area contributed by atoms with Crippen molar-refractivity contribution in [1.29, 1.82) is 0 Å². The molecule has 1 aromatic heterocycles. The van der Waals surface area contributed by atoms with Crippen LogP contribution in [-0.2, 0) is 0 Å². The van der Waals surface area contributed by atoms with Gasteiger partial charge in [0.25, 0.3) is 5.91 Å². The number of benzene rings is 1. The maximum atomic E-state index is 12.0. The molecule has 0 spiro atoms. The number of aromatic nitrogens is 1. The molecule has 20 heavy (non-hydrogen) atoms. The maximum Gasteiger partial charge on any atom is 0.275 e. The van der Waals surface area contributed by atoms with Crippen molar-refractivity contribution in [3.63, 3.8) is 0 Å². The minimum atomic E-state index is -0.312. The van der Waals surface area contributed by atoms with Crippen molar-refractivity contribution in [2.24, 2.45) is 0 Å². The Labute approximate surface area is 120 Å². The second-order valence-corrected chi connectivity index (χ2v) is 4.94. The van der Waals surface area contributed by atoms with Crippen molar-refractivity contribution in [3.8, 4) is 11.5 Å². The summed E-state index contributed by atoms with van der Waals surface area (Å²) in [6.45, 7) is 1.87. The minimum Gasteiger partial charge on any atom is -0.493 e. The number of thiazole rings is 1. The fraction of sp³-hybridized carbons (Fsp3) is 0.231. The molecule has 0 aliphatic heterocycles. The van der Waals surface area contributed by atoms with Gasteiger partial charge in [-0.25, -0.2) is 4.98 Å². The highest BCUT2D eigenvalue weighted by Gasteiger charge is 2.14. The largest absolute Gasteiger partial charge is 0.493 e. The number of carbonyl (C=O) groups excluding carboxylic acids is 1. The van der Waals surface area contributed by atoms with Crippen LogP contribution in [0.5, 0.6) is 11.5 Å². The Morgan fingerprint density at radius 3 is 2.50 bits per heavy atom. The standard InChI is InChI=1S/C13H15N3O3S/c1-7-4-10(18-2)11(19-3)5-8(7)15-12(17)9-6-20-13(14)16-9/h4-6H,1-3H3,(H2,14,16)(H,15,17). The van der Waals surface area contributed by atoms with E-state index in [0.29, 0.717) is 28.0 Å². The van der Waals surface area contributed by atoms with Crippen LogP contribution < -0.4 is 20.5 Å². The average molecular weight is 293 g/mol. The van der Waals surface area contributed by atoms with E-state index in [1.807, 2.05) is 6.92 Å². The number of nitrogens with one attached hydrogen (secondary N) is 1. The number of nitrogens with two attached hydrogens (primary N) is 1. The molecule has 0 saturated carbocycles. The number of aryl methyl sites for hydroxylation is 1. The third-order valence-electron chi connectivity index (χ3n) is 2.73. The van der Waals surface area contributed by atoms with Crippen LogP contribution in [0.2, 0.25) is 0 Å². The molecule has 1 amide bonds. The van der Waals surface area contributed by atoms with Crippen molar-refractivity contribution in [3.05, 3.63) is 28.8 Å². The molecule has 0 unspecified atom stereocenters. The van der Waals surface area contributed by atoms with Crippen LogP contribution in [0.25, 0.3) is 0 Å². The van der Waals surface area contributed by atoms with E-state index in [9.17, 15) is 4.79 Å². The second kappa shape index (κ2) is 5.79. The summed E-state index contributed by atoms with van der Waals surface area (Å²) in [4.78, 5) is 16.0. The molecule has 0 saturated heterocycles. The van der Waals surface area contributed by atoms with Crippen LogP contribution in [0, 0.1) is 6.92 Å². The second-order valence-electron chi connectivity index (χ2n) is 4.05. The summed E-state index contributed by atoms with van der Waals surface area (Å²) in [6.07, 6.45) is 0. The molecule has 7 heteroatoms. The molecule has 3 N–H and O–H groups in total. The van der Waals surface area contributed by atoms with Gasteiger partial charge in [-0.1, -0.05) is 0 Å². The normalized spacial score (nSPS) is 10.2. The molecule has 0 radical (unpaired) electrons. The van der Waals surface area contributed by atoms with Gasteiger partial charge in [0.2, 0.25) is 0 Å². The molecule has 2 aromatic rings. The van der Waals surface area contributed by atoms with Gasteiger partial charge in [-0.15, -0.1) is 11.3 Å². The maximum absolute atomic E-state index is 12.0. The van der Waals surface area contributed by atoms with Gasteiger partial charge in [0.05, 0.1) is 14.2 Å². The first kappa shape index (κ1) is 14.1. The average Bonchev–Trinajstić information content (AvgIpc) is 2.87. The topological polar surface area (TPSA) is 86.5 Å². The number of methoxy groups -OCH3 is 2. The number of hydrogen-bond acceptors (Lipinski definition) is 6. The first-order valence-corrected chi connectivity index (χ1v) is 6.68. The summed E-state index contributed by atoms with van der Waals surface area (Å²) in [5.41, 5.74) is 7.31. The fourth-order valence-electron chi connectivity index (χ4n) is 1.69. The van der Waals surface area contributed by atoms with Crippen molar-refractivity contribution in [2.75, 3.05) is 25.3 Å². The lowest BCUT2D eigenvalue weighted by Crippen LogP contribution is -2.13. The monoisotopic (exact) mass is 293 g/mol. The summed E-state index contributed by atoms with van der Waals surface area (Å²) in [5, 5.41) is 4.75.